The highest BCUT2D eigenvalue weighted by atomic mass is 35.5. The Morgan fingerprint density at radius 3 is 2.46 bits per heavy atom. The molecule has 5 rings (SSSR count). The van der Waals surface area contributed by atoms with E-state index in [-0.39, 0.29) is 32.7 Å². The summed E-state index contributed by atoms with van der Waals surface area (Å²) < 4.78 is 47.9. The van der Waals surface area contributed by atoms with Crippen LogP contribution < -0.4 is 5.32 Å². The lowest BCUT2D eigenvalue weighted by Crippen LogP contribution is -2.15. The van der Waals surface area contributed by atoms with Crippen LogP contribution in [0.3, 0.4) is 0 Å². The van der Waals surface area contributed by atoms with E-state index in [1.165, 1.54) is 7.11 Å². The Kier molecular flexibility index (Phi) is 6.81. The number of amides is 1. The largest absolute Gasteiger partial charge is 0.465 e. The van der Waals surface area contributed by atoms with Crippen molar-refractivity contribution in [1.82, 2.24) is 14.6 Å². The van der Waals surface area contributed by atoms with E-state index < -0.39 is 23.7 Å². The molecule has 0 bridgehead atoms. The summed E-state index contributed by atoms with van der Waals surface area (Å²) in [6.07, 6.45) is -3.69. The van der Waals surface area contributed by atoms with Gasteiger partial charge in [0, 0.05) is 21.3 Å². The maximum Gasteiger partial charge on any atom is 0.433 e. The summed E-state index contributed by atoms with van der Waals surface area (Å²) in [6, 6.07) is 12.8. The van der Waals surface area contributed by atoms with Gasteiger partial charge in [0.05, 0.1) is 24.0 Å². The summed E-state index contributed by atoms with van der Waals surface area (Å²) in [5.74, 6) is -1.03. The second kappa shape index (κ2) is 9.97. The molecule has 0 spiro atoms. The Morgan fingerprint density at radius 1 is 1.10 bits per heavy atom. The molecule has 200 valence electrons. The first kappa shape index (κ1) is 26.6. The molecule has 0 aliphatic heterocycles. The quantitative estimate of drug-likeness (QED) is 0.221. The number of aromatic nitrogens is 3. The summed E-state index contributed by atoms with van der Waals surface area (Å²) in [7, 11) is 1.25. The van der Waals surface area contributed by atoms with Crippen LogP contribution in [0, 0.1) is 0 Å². The average Bonchev–Trinajstić information content (AvgIpc) is 3.48. The third kappa shape index (κ3) is 4.95. The van der Waals surface area contributed by atoms with E-state index in [4.69, 9.17) is 16.3 Å². The van der Waals surface area contributed by atoms with Gasteiger partial charge >= 0.3 is 12.1 Å². The fraction of sp³-hybridized carbons (Fsp3) is 0.185. The molecule has 0 radical (unpaired) electrons. The molecule has 0 unspecified atom stereocenters. The molecule has 3 aromatic heterocycles. The molecule has 5 aromatic rings. The number of anilines is 1. The third-order valence-corrected chi connectivity index (χ3v) is 7.78. The Balaban J connectivity index is 1.54. The Labute approximate surface area is 229 Å². The molecule has 2 aromatic carbocycles. The number of hydrogen-bond donors (Lipinski definition) is 1. The van der Waals surface area contributed by atoms with Crippen molar-refractivity contribution in [2.45, 2.75) is 25.9 Å². The van der Waals surface area contributed by atoms with Gasteiger partial charge in [0.15, 0.2) is 11.3 Å². The van der Waals surface area contributed by atoms with E-state index in [0.717, 1.165) is 29.2 Å². The lowest BCUT2D eigenvalue weighted by Gasteiger charge is -2.12. The Bertz CT molecular complexity index is 1740. The van der Waals surface area contributed by atoms with Gasteiger partial charge < -0.3 is 10.1 Å². The van der Waals surface area contributed by atoms with Crippen LogP contribution >= 0.6 is 22.9 Å². The summed E-state index contributed by atoms with van der Waals surface area (Å²) in [6.45, 7) is 4.03. The first-order valence-corrected chi connectivity index (χ1v) is 12.9. The molecule has 0 saturated heterocycles. The molecule has 3 heterocycles. The van der Waals surface area contributed by atoms with Gasteiger partial charge in [-0.1, -0.05) is 49.7 Å². The van der Waals surface area contributed by atoms with Crippen LogP contribution in [0.15, 0.2) is 54.7 Å². The predicted molar refractivity (Wildman–Crippen MR) is 144 cm³/mol. The first-order valence-electron chi connectivity index (χ1n) is 11.7. The molecular weight excluding hydrogens is 553 g/mol. The summed E-state index contributed by atoms with van der Waals surface area (Å²) in [5.41, 5.74) is 0.477. The van der Waals surface area contributed by atoms with Crippen molar-refractivity contribution >= 4 is 56.2 Å². The Morgan fingerprint density at radius 2 is 1.82 bits per heavy atom. The molecular formula is C27H20ClF3N4O3S. The van der Waals surface area contributed by atoms with Crippen molar-refractivity contribution in [3.8, 4) is 11.3 Å². The van der Waals surface area contributed by atoms with Gasteiger partial charge in [-0.15, -0.1) is 11.3 Å². The van der Waals surface area contributed by atoms with Gasteiger partial charge in [-0.2, -0.15) is 18.3 Å². The summed E-state index contributed by atoms with van der Waals surface area (Å²) >= 11 is 7.38. The number of fused-ring (bicyclic) bond motifs is 2. The Hall–Kier alpha value is -3.96. The average molecular weight is 573 g/mol. The number of halogens is 4. The van der Waals surface area contributed by atoms with Gasteiger partial charge in [0.2, 0.25) is 0 Å². The number of methoxy groups -OCH3 is 1. The zero-order chi connectivity index (χ0) is 28.1. The third-order valence-electron chi connectivity index (χ3n) is 6.14. The van der Waals surface area contributed by atoms with Crippen molar-refractivity contribution < 1.29 is 27.5 Å². The van der Waals surface area contributed by atoms with E-state index in [2.05, 4.69) is 15.4 Å². The smallest absolute Gasteiger partial charge is 0.433 e. The van der Waals surface area contributed by atoms with Crippen LogP contribution in [-0.2, 0) is 10.9 Å². The van der Waals surface area contributed by atoms with E-state index in [0.29, 0.717) is 25.9 Å². The van der Waals surface area contributed by atoms with E-state index in [9.17, 15) is 22.8 Å². The number of thiophene rings is 1. The molecule has 1 N–H and O–H groups in total. The fourth-order valence-electron chi connectivity index (χ4n) is 4.08. The molecule has 12 heteroatoms. The highest BCUT2D eigenvalue weighted by molar-refractivity contribution is 7.21. The van der Waals surface area contributed by atoms with Crippen molar-refractivity contribution in [2.75, 3.05) is 12.4 Å². The molecule has 0 saturated carbocycles. The lowest BCUT2D eigenvalue weighted by molar-refractivity contribution is -0.142. The van der Waals surface area contributed by atoms with E-state index in [1.807, 2.05) is 26.0 Å². The number of rotatable bonds is 5. The number of esters is 1. The van der Waals surface area contributed by atoms with Gasteiger partial charge in [0.1, 0.15) is 10.4 Å². The predicted octanol–water partition coefficient (Wildman–Crippen LogP) is 7.45. The minimum Gasteiger partial charge on any atom is -0.465 e. The number of ether oxygens (including phenoxy) is 1. The molecule has 1 amide bonds. The minimum atomic E-state index is -4.74. The highest BCUT2D eigenvalue weighted by Crippen LogP contribution is 2.37. The maximum atomic E-state index is 14.0. The highest BCUT2D eigenvalue weighted by Gasteiger charge is 2.36. The summed E-state index contributed by atoms with van der Waals surface area (Å²) in [4.78, 5) is 29.8. The zero-order valence-electron chi connectivity index (χ0n) is 20.8. The van der Waals surface area contributed by atoms with Crippen LogP contribution in [0.2, 0.25) is 5.02 Å². The molecule has 39 heavy (non-hydrogen) atoms. The SMILES string of the molecule is COC(=O)c1sc2cc(NC(=O)c3cnn4c(C(F)(F)F)cc(-c5ccc(C(C)C)cc5)nc34)ccc2c1Cl. The van der Waals surface area contributed by atoms with E-state index in [1.54, 1.807) is 30.3 Å². The van der Waals surface area contributed by atoms with Gasteiger partial charge in [-0.3, -0.25) is 4.79 Å². The lowest BCUT2D eigenvalue weighted by atomic mass is 10.0. The maximum absolute atomic E-state index is 14.0. The van der Waals surface area contributed by atoms with Crippen molar-refractivity contribution in [1.29, 1.82) is 0 Å². The number of benzene rings is 2. The fourth-order valence-corrected chi connectivity index (χ4v) is 5.54. The standard InChI is InChI=1S/C27H20ClF3N4O3S/c1-13(2)14-4-6-15(7-5-14)19-11-21(27(29,30)31)35-24(34-19)18(12-32-35)25(36)33-16-8-9-17-20(10-16)39-23(22(17)28)26(37)38-3/h4-13H,1-3H3,(H,33,36). The van der Waals surface area contributed by atoms with Crippen molar-refractivity contribution in [3.05, 3.63) is 81.4 Å². The topological polar surface area (TPSA) is 85.6 Å². The van der Waals surface area contributed by atoms with Crippen LogP contribution in [-0.4, -0.2) is 33.6 Å². The molecule has 7 nitrogen and oxygen atoms in total. The number of carbonyl (C=O) groups excluding carboxylic acids is 2. The minimum absolute atomic E-state index is 0.0599. The molecule has 0 atom stereocenters. The van der Waals surface area contributed by atoms with Gasteiger partial charge in [-0.05, 0) is 35.7 Å². The second-order valence-electron chi connectivity index (χ2n) is 9.00. The van der Waals surface area contributed by atoms with E-state index >= 15 is 0 Å². The summed E-state index contributed by atoms with van der Waals surface area (Å²) in [5, 5.41) is 7.33. The first-order chi connectivity index (χ1) is 18.5. The number of alkyl halides is 3. The molecule has 0 fully saturated rings. The molecule has 0 aliphatic rings. The monoisotopic (exact) mass is 572 g/mol. The van der Waals surface area contributed by atoms with Crippen molar-refractivity contribution in [3.63, 3.8) is 0 Å². The van der Waals surface area contributed by atoms with Gasteiger partial charge in [-0.25, -0.2) is 14.3 Å². The number of nitrogens with one attached hydrogen (secondary N) is 1. The van der Waals surface area contributed by atoms with Crippen molar-refractivity contribution in [2.24, 2.45) is 0 Å². The number of nitrogens with zero attached hydrogens (tertiary/aromatic N) is 3. The number of carbonyl (C=O) groups is 2. The van der Waals surface area contributed by atoms with Gasteiger partial charge in [0.25, 0.3) is 5.91 Å². The van der Waals surface area contributed by atoms with Crippen LogP contribution in [0.5, 0.6) is 0 Å². The molecule has 0 aliphatic carbocycles. The zero-order valence-corrected chi connectivity index (χ0v) is 22.3. The second-order valence-corrected chi connectivity index (χ2v) is 10.4. The van der Waals surface area contributed by atoms with Crippen LogP contribution in [0.4, 0.5) is 18.9 Å². The van der Waals surface area contributed by atoms with Crippen LogP contribution in [0.1, 0.15) is 51.1 Å². The van der Waals surface area contributed by atoms with Crippen LogP contribution in [0.25, 0.3) is 27.0 Å². The normalized spacial score (nSPS) is 11.9. The number of hydrogen-bond acceptors (Lipinski definition) is 6.